The van der Waals surface area contributed by atoms with Crippen LogP contribution in [0.3, 0.4) is 0 Å². The fourth-order valence-corrected chi connectivity index (χ4v) is 1.16. The van der Waals surface area contributed by atoms with Crippen molar-refractivity contribution in [2.24, 2.45) is 0 Å². The third-order valence-electron chi connectivity index (χ3n) is 1.99. The summed E-state index contributed by atoms with van der Waals surface area (Å²) in [5, 5.41) is 9.92. The molecule has 0 unspecified atom stereocenters. The Morgan fingerprint density at radius 2 is 2.13 bits per heavy atom. The molecule has 78 valence electrons. The average molecular weight is 203 g/mol. The van der Waals surface area contributed by atoms with Crippen LogP contribution in [0.1, 0.15) is 25.6 Å². The normalized spacial score (nSPS) is 14.5. The van der Waals surface area contributed by atoms with Gasteiger partial charge in [-0.05, 0) is 26.0 Å². The Kier molecular flexibility index (Phi) is 3.13. The van der Waals surface area contributed by atoms with Gasteiger partial charge in [-0.15, -0.1) is 5.73 Å². The topological polar surface area (TPSA) is 37.3 Å². The third kappa shape index (κ3) is 2.91. The highest BCUT2D eigenvalue weighted by Gasteiger charge is 2.27. The second-order valence-electron chi connectivity index (χ2n) is 3.38. The maximum Gasteiger partial charge on any atom is 0.198 e. The summed E-state index contributed by atoms with van der Waals surface area (Å²) in [7, 11) is 0. The van der Waals surface area contributed by atoms with Crippen LogP contribution in [0, 0.1) is 0 Å². The highest BCUT2D eigenvalue weighted by atomic mass is 16.3. The van der Waals surface area contributed by atoms with E-state index in [0.717, 1.165) is 0 Å². The maximum absolute atomic E-state index is 11.9. The molecular formula is C13H14O2. The molecule has 0 aromatic heterocycles. The van der Waals surface area contributed by atoms with E-state index in [-0.39, 0.29) is 6.05 Å². The van der Waals surface area contributed by atoms with Gasteiger partial charge in [0.05, 0.1) is 1.37 Å². The van der Waals surface area contributed by atoms with Crippen molar-refractivity contribution in [2.45, 2.75) is 19.4 Å². The second-order valence-corrected chi connectivity index (χ2v) is 3.38. The van der Waals surface area contributed by atoms with E-state index in [4.69, 9.17) is 1.37 Å². The zero-order chi connectivity index (χ0) is 12.2. The molecule has 0 aliphatic heterocycles. The van der Waals surface area contributed by atoms with Crippen LogP contribution in [-0.2, 0) is 0 Å². The standard InChI is InChI=1S/C13H14O2/c1-3-4-10-13(2,15)12(14)11-8-6-5-7-9-11/h3,5-10,15H,1-2H3/t4?,13-/m1/s1/i3D. The van der Waals surface area contributed by atoms with Crippen LogP contribution in [-0.4, -0.2) is 16.5 Å². The van der Waals surface area contributed by atoms with E-state index in [0.29, 0.717) is 5.56 Å². The molecular weight excluding hydrogens is 188 g/mol. The molecule has 0 aliphatic carbocycles. The molecule has 0 radical (unpaired) electrons. The van der Waals surface area contributed by atoms with Crippen LogP contribution in [0.5, 0.6) is 0 Å². The SMILES string of the molecule is [2H]C(C)=C=C[C@@](C)(O)C(=O)c1ccccc1. The first-order valence-corrected chi connectivity index (χ1v) is 4.67. The maximum atomic E-state index is 11.9. The number of aliphatic hydroxyl groups is 1. The molecule has 1 atom stereocenters. The molecule has 0 fully saturated rings. The zero-order valence-electron chi connectivity index (χ0n) is 9.82. The van der Waals surface area contributed by atoms with Crippen LogP contribution in [0.15, 0.2) is 48.2 Å². The lowest BCUT2D eigenvalue weighted by molar-refractivity contribution is 0.0592. The number of rotatable bonds is 3. The fourth-order valence-electron chi connectivity index (χ4n) is 1.16. The highest BCUT2D eigenvalue weighted by molar-refractivity contribution is 6.03. The fraction of sp³-hybridized carbons (Fsp3) is 0.231. The van der Waals surface area contributed by atoms with Gasteiger partial charge in [0.25, 0.3) is 0 Å². The van der Waals surface area contributed by atoms with Gasteiger partial charge in [-0.25, -0.2) is 0 Å². The van der Waals surface area contributed by atoms with Crippen molar-refractivity contribution in [3.8, 4) is 0 Å². The summed E-state index contributed by atoms with van der Waals surface area (Å²) < 4.78 is 7.16. The molecule has 0 saturated heterocycles. The first-order valence-electron chi connectivity index (χ1n) is 5.17. The molecule has 1 N–H and O–H groups in total. The van der Waals surface area contributed by atoms with Gasteiger partial charge in [0.2, 0.25) is 0 Å². The van der Waals surface area contributed by atoms with Gasteiger partial charge in [0.1, 0.15) is 5.60 Å². The summed E-state index contributed by atoms with van der Waals surface area (Å²) in [4.78, 5) is 11.9. The predicted molar refractivity (Wildman–Crippen MR) is 59.7 cm³/mol. The second kappa shape index (κ2) is 4.74. The summed E-state index contributed by atoms with van der Waals surface area (Å²) in [5.41, 5.74) is 1.34. The van der Waals surface area contributed by atoms with E-state index in [1.165, 1.54) is 19.9 Å². The number of Topliss-reactive ketones (excluding diaryl/α,β-unsaturated/α-hetero) is 1. The van der Waals surface area contributed by atoms with E-state index >= 15 is 0 Å². The van der Waals surface area contributed by atoms with Crippen molar-refractivity contribution in [1.29, 1.82) is 0 Å². The van der Waals surface area contributed by atoms with Crippen LogP contribution < -0.4 is 0 Å². The van der Waals surface area contributed by atoms with Gasteiger partial charge in [0, 0.05) is 5.56 Å². The lowest BCUT2D eigenvalue weighted by Gasteiger charge is -2.15. The molecule has 0 aliphatic rings. The van der Waals surface area contributed by atoms with Crippen molar-refractivity contribution in [1.82, 2.24) is 0 Å². The molecule has 0 saturated carbocycles. The molecule has 2 heteroatoms. The number of ketones is 1. The van der Waals surface area contributed by atoms with Crippen molar-refractivity contribution in [3.63, 3.8) is 0 Å². The van der Waals surface area contributed by atoms with Gasteiger partial charge in [0.15, 0.2) is 5.78 Å². The number of hydrogen-bond donors (Lipinski definition) is 1. The molecule has 0 bridgehead atoms. The first kappa shape index (κ1) is 9.91. The quantitative estimate of drug-likeness (QED) is 0.604. The summed E-state index contributed by atoms with van der Waals surface area (Å²) in [6, 6.07) is 8.72. The molecule has 0 amide bonds. The first-order chi connectivity index (χ1) is 7.43. The largest absolute Gasteiger partial charge is 0.377 e. The van der Waals surface area contributed by atoms with Crippen molar-refractivity contribution in [2.75, 3.05) is 0 Å². The van der Waals surface area contributed by atoms with Crippen LogP contribution in [0.2, 0.25) is 0 Å². The Morgan fingerprint density at radius 3 is 2.67 bits per heavy atom. The van der Waals surface area contributed by atoms with Crippen molar-refractivity contribution in [3.05, 3.63) is 53.8 Å². The minimum Gasteiger partial charge on any atom is -0.377 e. The number of carbonyl (C=O) groups excluding carboxylic acids is 1. The minimum atomic E-state index is -1.62. The number of benzene rings is 1. The Labute approximate surface area is 91.0 Å². The van der Waals surface area contributed by atoms with Crippen LogP contribution in [0.25, 0.3) is 0 Å². The Hall–Kier alpha value is -1.63. The van der Waals surface area contributed by atoms with Crippen LogP contribution >= 0.6 is 0 Å². The van der Waals surface area contributed by atoms with E-state index in [1.807, 2.05) is 0 Å². The van der Waals surface area contributed by atoms with Crippen molar-refractivity contribution < 1.29 is 11.3 Å². The molecule has 2 nitrogen and oxygen atoms in total. The van der Waals surface area contributed by atoms with Gasteiger partial charge in [-0.3, -0.25) is 4.79 Å². The average Bonchev–Trinajstić information content (AvgIpc) is 2.27. The van der Waals surface area contributed by atoms with Gasteiger partial charge in [-0.2, -0.15) is 0 Å². The number of hydrogen-bond acceptors (Lipinski definition) is 2. The van der Waals surface area contributed by atoms with Gasteiger partial charge >= 0.3 is 0 Å². The molecule has 0 spiro atoms. The van der Waals surface area contributed by atoms with Gasteiger partial charge < -0.3 is 5.11 Å². The van der Waals surface area contributed by atoms with E-state index in [1.54, 1.807) is 30.3 Å². The molecule has 1 aromatic rings. The van der Waals surface area contributed by atoms with E-state index < -0.39 is 11.4 Å². The minimum absolute atomic E-state index is 0.168. The molecule has 1 rings (SSSR count). The zero-order valence-corrected chi connectivity index (χ0v) is 8.82. The molecule has 0 heterocycles. The predicted octanol–water partition coefficient (Wildman–Crippen LogP) is 2.35. The lowest BCUT2D eigenvalue weighted by Crippen LogP contribution is -2.32. The monoisotopic (exact) mass is 203 g/mol. The Bertz CT molecular complexity index is 436. The molecule has 1 aromatic carbocycles. The van der Waals surface area contributed by atoms with E-state index in [2.05, 4.69) is 5.73 Å². The third-order valence-corrected chi connectivity index (χ3v) is 1.99. The Morgan fingerprint density at radius 1 is 1.53 bits per heavy atom. The van der Waals surface area contributed by atoms with Crippen LogP contribution in [0.4, 0.5) is 0 Å². The van der Waals surface area contributed by atoms with Gasteiger partial charge in [-0.1, -0.05) is 30.3 Å². The lowest BCUT2D eigenvalue weighted by atomic mass is 9.95. The van der Waals surface area contributed by atoms with Crippen molar-refractivity contribution >= 4 is 5.78 Å². The summed E-state index contributed by atoms with van der Waals surface area (Å²) in [5.74, 6) is -0.401. The molecule has 15 heavy (non-hydrogen) atoms. The van der Waals surface area contributed by atoms with E-state index in [9.17, 15) is 9.90 Å². The summed E-state index contributed by atoms with van der Waals surface area (Å²) in [6.45, 7) is 2.91. The summed E-state index contributed by atoms with van der Waals surface area (Å²) >= 11 is 0. The highest BCUT2D eigenvalue weighted by Crippen LogP contribution is 2.14. The smallest absolute Gasteiger partial charge is 0.198 e. The summed E-state index contributed by atoms with van der Waals surface area (Å²) in [6.07, 6.45) is 1.21. The Balaban J connectivity index is 3.02. The number of carbonyl (C=O) groups is 1.